The number of amidine groups is 1. The normalized spacial score (nSPS) is 11.0. The number of benzene rings is 1. The fourth-order valence-corrected chi connectivity index (χ4v) is 1.07. The molecule has 0 unspecified atom stereocenters. The van der Waals surface area contributed by atoms with Gasteiger partial charge in [0.25, 0.3) is 0 Å². The quantitative estimate of drug-likeness (QED) is 0.567. The molecule has 0 aliphatic heterocycles. The number of nitrogens with zero attached hydrogens (tertiary/aromatic N) is 3. The number of fused-ring (bicyclic) bond motifs is 1. The van der Waals surface area contributed by atoms with E-state index in [-0.39, 0.29) is 0 Å². The van der Waals surface area contributed by atoms with Crippen LogP contribution >= 0.6 is 0 Å². The lowest BCUT2D eigenvalue weighted by Crippen LogP contribution is -2.12. The summed E-state index contributed by atoms with van der Waals surface area (Å²) in [5.41, 5.74) is 7.85. The van der Waals surface area contributed by atoms with E-state index >= 15 is 0 Å². The second-order valence-corrected chi connectivity index (χ2v) is 2.58. The SMILES string of the molecule is CC.CN=C(N)c1ccc2nonc2c1. The molecule has 0 fully saturated rings. The van der Waals surface area contributed by atoms with Crippen LogP contribution in [-0.2, 0) is 0 Å². The van der Waals surface area contributed by atoms with Gasteiger partial charge in [-0.25, -0.2) is 4.63 Å². The highest BCUT2D eigenvalue weighted by Crippen LogP contribution is 2.10. The largest absolute Gasteiger partial charge is 0.384 e. The fourth-order valence-electron chi connectivity index (χ4n) is 1.07. The first kappa shape index (κ1) is 11.2. The first-order valence-electron chi connectivity index (χ1n) is 4.76. The van der Waals surface area contributed by atoms with Crippen LogP contribution in [0.1, 0.15) is 19.4 Å². The average Bonchev–Trinajstić information content (AvgIpc) is 2.77. The van der Waals surface area contributed by atoms with Crippen LogP contribution in [0.5, 0.6) is 0 Å². The standard InChI is InChI=1S/C8H8N4O.C2H6/c1-10-8(9)5-2-3-6-7(4-5)12-13-11-6;1-2/h2-4H,1H3,(H2,9,10);1-2H3. The van der Waals surface area contributed by atoms with Crippen molar-refractivity contribution in [3.05, 3.63) is 23.8 Å². The summed E-state index contributed by atoms with van der Waals surface area (Å²) in [5, 5.41) is 7.38. The highest BCUT2D eigenvalue weighted by atomic mass is 16.6. The predicted molar refractivity (Wildman–Crippen MR) is 59.8 cm³/mol. The first-order valence-corrected chi connectivity index (χ1v) is 4.76. The Morgan fingerprint density at radius 2 is 1.93 bits per heavy atom. The van der Waals surface area contributed by atoms with Gasteiger partial charge in [-0.1, -0.05) is 13.8 Å². The molecular weight excluding hydrogens is 192 g/mol. The van der Waals surface area contributed by atoms with E-state index in [9.17, 15) is 0 Å². The molecule has 0 aliphatic rings. The number of hydrogen-bond donors (Lipinski definition) is 1. The van der Waals surface area contributed by atoms with E-state index in [1.807, 2.05) is 19.9 Å². The summed E-state index contributed by atoms with van der Waals surface area (Å²) >= 11 is 0. The first-order chi connectivity index (χ1) is 7.31. The number of hydrogen-bond acceptors (Lipinski definition) is 4. The second kappa shape index (κ2) is 5.09. The third-order valence-electron chi connectivity index (χ3n) is 1.79. The van der Waals surface area contributed by atoms with Crippen molar-refractivity contribution >= 4 is 16.9 Å². The zero-order chi connectivity index (χ0) is 11.3. The lowest BCUT2D eigenvalue weighted by Gasteiger charge is -1.96. The predicted octanol–water partition coefficient (Wildman–Crippen LogP) is 1.58. The van der Waals surface area contributed by atoms with Crippen LogP contribution in [-0.4, -0.2) is 23.2 Å². The third-order valence-corrected chi connectivity index (χ3v) is 1.79. The molecule has 0 radical (unpaired) electrons. The summed E-state index contributed by atoms with van der Waals surface area (Å²) < 4.78 is 4.55. The molecule has 0 saturated carbocycles. The van der Waals surface area contributed by atoms with Crippen LogP contribution in [0.15, 0.2) is 27.8 Å². The van der Waals surface area contributed by atoms with Crippen LogP contribution in [0.2, 0.25) is 0 Å². The molecule has 5 nitrogen and oxygen atoms in total. The Morgan fingerprint density at radius 3 is 2.60 bits per heavy atom. The molecule has 0 bridgehead atoms. The molecule has 5 heteroatoms. The van der Waals surface area contributed by atoms with Gasteiger partial charge in [0, 0.05) is 12.6 Å². The van der Waals surface area contributed by atoms with Gasteiger partial charge in [-0.3, -0.25) is 4.99 Å². The van der Waals surface area contributed by atoms with Crippen LogP contribution in [0.4, 0.5) is 0 Å². The van der Waals surface area contributed by atoms with Crippen molar-refractivity contribution in [2.24, 2.45) is 10.7 Å². The van der Waals surface area contributed by atoms with Crippen LogP contribution < -0.4 is 5.73 Å². The van der Waals surface area contributed by atoms with Gasteiger partial charge in [0.05, 0.1) is 0 Å². The lowest BCUT2D eigenvalue weighted by molar-refractivity contribution is 0.315. The van der Waals surface area contributed by atoms with Gasteiger partial charge in [0.15, 0.2) is 0 Å². The summed E-state index contributed by atoms with van der Waals surface area (Å²) in [6, 6.07) is 5.40. The summed E-state index contributed by atoms with van der Waals surface area (Å²) in [6.45, 7) is 4.00. The molecule has 1 aromatic heterocycles. The Kier molecular flexibility index (Phi) is 3.79. The van der Waals surface area contributed by atoms with Gasteiger partial charge < -0.3 is 5.73 Å². The van der Waals surface area contributed by atoms with Gasteiger partial charge >= 0.3 is 0 Å². The Hall–Kier alpha value is -1.91. The van der Waals surface area contributed by atoms with Gasteiger partial charge in [0.1, 0.15) is 16.9 Å². The molecule has 0 atom stereocenters. The Balaban J connectivity index is 0.000000531. The highest BCUT2D eigenvalue weighted by Gasteiger charge is 2.02. The molecule has 0 amide bonds. The third kappa shape index (κ3) is 2.31. The molecule has 15 heavy (non-hydrogen) atoms. The van der Waals surface area contributed by atoms with E-state index in [2.05, 4.69) is 19.9 Å². The number of aliphatic imine (C=N–C) groups is 1. The Morgan fingerprint density at radius 1 is 1.27 bits per heavy atom. The molecule has 1 aromatic carbocycles. The van der Waals surface area contributed by atoms with E-state index in [4.69, 9.17) is 5.73 Å². The second-order valence-electron chi connectivity index (χ2n) is 2.58. The number of rotatable bonds is 1. The molecule has 0 aliphatic carbocycles. The number of nitrogens with two attached hydrogens (primary N) is 1. The van der Waals surface area contributed by atoms with Crippen molar-refractivity contribution < 1.29 is 4.63 Å². The van der Waals surface area contributed by atoms with Crippen LogP contribution in [0.25, 0.3) is 11.0 Å². The molecule has 2 aromatic rings. The molecular formula is C10H14N4O. The maximum absolute atomic E-state index is 5.63. The van der Waals surface area contributed by atoms with E-state index < -0.39 is 0 Å². The van der Waals surface area contributed by atoms with Crippen molar-refractivity contribution in [3.8, 4) is 0 Å². The van der Waals surface area contributed by atoms with E-state index in [1.54, 1.807) is 19.2 Å². The van der Waals surface area contributed by atoms with Gasteiger partial charge in [-0.05, 0) is 28.5 Å². The molecule has 2 rings (SSSR count). The van der Waals surface area contributed by atoms with Crippen LogP contribution in [0, 0.1) is 0 Å². The van der Waals surface area contributed by atoms with E-state index in [1.165, 1.54) is 0 Å². The minimum atomic E-state index is 0.477. The van der Waals surface area contributed by atoms with Crippen molar-refractivity contribution in [2.45, 2.75) is 13.8 Å². The van der Waals surface area contributed by atoms with Gasteiger partial charge in [0.2, 0.25) is 0 Å². The summed E-state index contributed by atoms with van der Waals surface area (Å²) in [7, 11) is 1.64. The summed E-state index contributed by atoms with van der Waals surface area (Å²) in [5.74, 6) is 0.477. The smallest absolute Gasteiger partial charge is 0.135 e. The topological polar surface area (TPSA) is 77.3 Å². The molecule has 2 N–H and O–H groups in total. The van der Waals surface area contributed by atoms with Gasteiger partial charge in [-0.15, -0.1) is 0 Å². The minimum absolute atomic E-state index is 0.477. The van der Waals surface area contributed by atoms with Crippen LogP contribution in [0.3, 0.4) is 0 Å². The fraction of sp³-hybridized carbons (Fsp3) is 0.300. The summed E-state index contributed by atoms with van der Waals surface area (Å²) in [4.78, 5) is 3.87. The number of aromatic nitrogens is 2. The minimum Gasteiger partial charge on any atom is -0.384 e. The van der Waals surface area contributed by atoms with E-state index in [0.717, 1.165) is 5.56 Å². The molecule has 1 heterocycles. The Labute approximate surface area is 88.0 Å². The maximum atomic E-state index is 5.63. The Bertz CT molecular complexity index is 461. The van der Waals surface area contributed by atoms with E-state index in [0.29, 0.717) is 16.9 Å². The van der Waals surface area contributed by atoms with Gasteiger partial charge in [-0.2, -0.15) is 0 Å². The molecule has 80 valence electrons. The zero-order valence-corrected chi connectivity index (χ0v) is 9.06. The molecule has 0 saturated heterocycles. The van der Waals surface area contributed by atoms with Crippen molar-refractivity contribution in [2.75, 3.05) is 7.05 Å². The van der Waals surface area contributed by atoms with Crippen molar-refractivity contribution in [3.63, 3.8) is 0 Å². The zero-order valence-electron chi connectivity index (χ0n) is 9.06. The highest BCUT2D eigenvalue weighted by molar-refractivity contribution is 5.99. The lowest BCUT2D eigenvalue weighted by atomic mass is 10.2. The maximum Gasteiger partial charge on any atom is 0.135 e. The van der Waals surface area contributed by atoms with Crippen molar-refractivity contribution in [1.29, 1.82) is 0 Å². The average molecular weight is 206 g/mol. The molecule has 0 spiro atoms. The monoisotopic (exact) mass is 206 g/mol. The summed E-state index contributed by atoms with van der Waals surface area (Å²) in [6.07, 6.45) is 0. The van der Waals surface area contributed by atoms with Crippen molar-refractivity contribution in [1.82, 2.24) is 10.3 Å².